The molecule has 0 bridgehead atoms. The van der Waals surface area contributed by atoms with Crippen molar-refractivity contribution in [2.24, 2.45) is 0 Å². The fourth-order valence-corrected chi connectivity index (χ4v) is 2.69. The van der Waals surface area contributed by atoms with Crippen molar-refractivity contribution in [1.82, 2.24) is 15.0 Å². The SMILES string of the molecule is COc1cccc(-c2nc(Cl)c(I)c(C3CC3)n2)n1. The zero-order valence-electron chi connectivity index (χ0n) is 10.2. The van der Waals surface area contributed by atoms with Gasteiger partial charge >= 0.3 is 0 Å². The van der Waals surface area contributed by atoms with Gasteiger partial charge in [0.05, 0.1) is 16.4 Å². The Balaban J connectivity index is 2.08. The van der Waals surface area contributed by atoms with Crippen LogP contribution in [0, 0.1) is 3.57 Å². The average Bonchev–Trinajstić information content (AvgIpc) is 3.26. The lowest BCUT2D eigenvalue weighted by Crippen LogP contribution is -2.01. The summed E-state index contributed by atoms with van der Waals surface area (Å²) in [7, 11) is 1.59. The summed E-state index contributed by atoms with van der Waals surface area (Å²) in [5.74, 6) is 1.63. The van der Waals surface area contributed by atoms with Gasteiger partial charge in [0.1, 0.15) is 10.8 Å². The summed E-state index contributed by atoms with van der Waals surface area (Å²) in [6.07, 6.45) is 2.35. The van der Waals surface area contributed by atoms with E-state index in [0.29, 0.717) is 28.5 Å². The van der Waals surface area contributed by atoms with E-state index in [1.807, 2.05) is 12.1 Å². The number of pyridine rings is 1. The largest absolute Gasteiger partial charge is 0.481 e. The van der Waals surface area contributed by atoms with E-state index in [-0.39, 0.29) is 0 Å². The van der Waals surface area contributed by atoms with Crippen LogP contribution in [0.5, 0.6) is 5.88 Å². The molecule has 2 aromatic rings. The van der Waals surface area contributed by atoms with Crippen LogP contribution < -0.4 is 4.74 Å². The minimum Gasteiger partial charge on any atom is -0.481 e. The molecule has 2 aromatic heterocycles. The summed E-state index contributed by atoms with van der Waals surface area (Å²) >= 11 is 8.40. The van der Waals surface area contributed by atoms with Gasteiger partial charge in [-0.15, -0.1) is 0 Å². The first-order valence-corrected chi connectivity index (χ1v) is 7.39. The Hall–Kier alpha value is -0.950. The molecule has 4 nitrogen and oxygen atoms in total. The van der Waals surface area contributed by atoms with E-state index in [0.717, 1.165) is 9.26 Å². The molecule has 0 atom stereocenters. The zero-order chi connectivity index (χ0) is 13.4. The van der Waals surface area contributed by atoms with E-state index in [1.165, 1.54) is 12.8 Å². The van der Waals surface area contributed by atoms with Crippen molar-refractivity contribution >= 4 is 34.2 Å². The Morgan fingerprint density at radius 1 is 1.26 bits per heavy atom. The maximum Gasteiger partial charge on any atom is 0.213 e. The molecule has 2 heterocycles. The van der Waals surface area contributed by atoms with E-state index in [1.54, 1.807) is 13.2 Å². The van der Waals surface area contributed by atoms with Crippen molar-refractivity contribution in [3.63, 3.8) is 0 Å². The molecule has 0 aliphatic heterocycles. The third kappa shape index (κ3) is 2.67. The van der Waals surface area contributed by atoms with Gasteiger partial charge in [-0.1, -0.05) is 17.7 Å². The van der Waals surface area contributed by atoms with Crippen LogP contribution in [0.4, 0.5) is 0 Å². The van der Waals surface area contributed by atoms with Gasteiger partial charge in [-0.2, -0.15) is 0 Å². The highest BCUT2D eigenvalue weighted by atomic mass is 127. The molecule has 1 aliphatic carbocycles. The highest BCUT2D eigenvalue weighted by Crippen LogP contribution is 2.42. The molecular formula is C13H11ClIN3O. The molecule has 98 valence electrons. The minimum absolute atomic E-state index is 0.497. The molecule has 0 saturated heterocycles. The fourth-order valence-electron chi connectivity index (χ4n) is 1.83. The number of halogens is 2. The quantitative estimate of drug-likeness (QED) is 0.595. The van der Waals surface area contributed by atoms with Gasteiger partial charge in [0.15, 0.2) is 5.82 Å². The van der Waals surface area contributed by atoms with Crippen LogP contribution in [0.2, 0.25) is 5.15 Å². The molecule has 19 heavy (non-hydrogen) atoms. The van der Waals surface area contributed by atoms with Crippen LogP contribution in [0.3, 0.4) is 0 Å². The third-order valence-corrected chi connectivity index (χ3v) is 4.62. The Morgan fingerprint density at radius 3 is 2.74 bits per heavy atom. The number of rotatable bonds is 3. The van der Waals surface area contributed by atoms with Gasteiger partial charge in [-0.3, -0.25) is 0 Å². The molecule has 1 fully saturated rings. The number of aromatic nitrogens is 3. The van der Waals surface area contributed by atoms with Gasteiger partial charge in [-0.25, -0.2) is 15.0 Å². The smallest absolute Gasteiger partial charge is 0.213 e. The number of hydrogen-bond acceptors (Lipinski definition) is 4. The lowest BCUT2D eigenvalue weighted by atomic mass is 10.2. The van der Waals surface area contributed by atoms with Gasteiger partial charge < -0.3 is 4.74 Å². The van der Waals surface area contributed by atoms with Gasteiger partial charge in [0, 0.05) is 12.0 Å². The predicted molar refractivity (Wildman–Crippen MR) is 81.5 cm³/mol. The first-order valence-electron chi connectivity index (χ1n) is 5.93. The molecule has 0 N–H and O–H groups in total. The zero-order valence-corrected chi connectivity index (χ0v) is 13.1. The van der Waals surface area contributed by atoms with E-state index < -0.39 is 0 Å². The number of methoxy groups -OCH3 is 1. The van der Waals surface area contributed by atoms with E-state index in [2.05, 4.69) is 37.5 Å². The molecule has 0 radical (unpaired) electrons. The molecule has 0 amide bonds. The maximum absolute atomic E-state index is 6.20. The first-order chi connectivity index (χ1) is 9.19. The van der Waals surface area contributed by atoms with Crippen molar-refractivity contribution in [3.05, 3.63) is 32.6 Å². The lowest BCUT2D eigenvalue weighted by molar-refractivity contribution is 0.398. The molecule has 1 saturated carbocycles. The monoisotopic (exact) mass is 387 g/mol. The Bertz CT molecular complexity index is 631. The second-order valence-corrected chi connectivity index (χ2v) is 5.81. The highest BCUT2D eigenvalue weighted by molar-refractivity contribution is 14.1. The van der Waals surface area contributed by atoms with Crippen LogP contribution >= 0.6 is 34.2 Å². The second-order valence-electron chi connectivity index (χ2n) is 4.38. The second kappa shape index (κ2) is 5.20. The van der Waals surface area contributed by atoms with Crippen LogP contribution in [-0.4, -0.2) is 22.1 Å². The van der Waals surface area contributed by atoms with Crippen molar-refractivity contribution < 1.29 is 4.74 Å². The number of ether oxygens (including phenoxy) is 1. The Morgan fingerprint density at radius 2 is 2.05 bits per heavy atom. The molecule has 0 spiro atoms. The van der Waals surface area contributed by atoms with E-state index >= 15 is 0 Å². The normalized spacial score (nSPS) is 14.5. The van der Waals surface area contributed by atoms with Crippen LogP contribution in [0.1, 0.15) is 24.5 Å². The highest BCUT2D eigenvalue weighted by Gasteiger charge is 2.29. The predicted octanol–water partition coefficient (Wildman–Crippen LogP) is 3.68. The standard InChI is InChI=1S/C13H11ClIN3O/c1-19-9-4-2-3-8(16-9)13-17-11(7-5-6-7)10(15)12(14)18-13/h2-4,7H,5-6H2,1H3. The van der Waals surface area contributed by atoms with Gasteiger partial charge in [-0.05, 0) is 41.5 Å². The summed E-state index contributed by atoms with van der Waals surface area (Å²) in [4.78, 5) is 13.3. The number of hydrogen-bond donors (Lipinski definition) is 0. The maximum atomic E-state index is 6.20. The van der Waals surface area contributed by atoms with Gasteiger partial charge in [0.2, 0.25) is 5.88 Å². The van der Waals surface area contributed by atoms with Crippen molar-refractivity contribution in [2.75, 3.05) is 7.11 Å². The number of nitrogens with zero attached hydrogens (tertiary/aromatic N) is 3. The lowest BCUT2D eigenvalue weighted by Gasteiger charge is -2.07. The molecule has 6 heteroatoms. The average molecular weight is 388 g/mol. The fraction of sp³-hybridized carbons (Fsp3) is 0.308. The summed E-state index contributed by atoms with van der Waals surface area (Å²) in [6, 6.07) is 5.52. The third-order valence-electron chi connectivity index (χ3n) is 2.96. The van der Waals surface area contributed by atoms with Crippen LogP contribution in [-0.2, 0) is 0 Å². The summed E-state index contributed by atoms with van der Waals surface area (Å²) < 4.78 is 6.07. The molecule has 1 aliphatic rings. The minimum atomic E-state index is 0.497. The van der Waals surface area contributed by atoms with Crippen molar-refractivity contribution in [3.8, 4) is 17.4 Å². The van der Waals surface area contributed by atoms with Crippen molar-refractivity contribution in [2.45, 2.75) is 18.8 Å². The summed E-state index contributed by atoms with van der Waals surface area (Å²) in [6.45, 7) is 0. The first kappa shape index (κ1) is 13.1. The molecule has 0 aromatic carbocycles. The Kier molecular flexibility index (Phi) is 3.58. The molecular weight excluding hydrogens is 377 g/mol. The summed E-state index contributed by atoms with van der Waals surface area (Å²) in [5, 5.41) is 0.497. The van der Waals surface area contributed by atoms with Crippen molar-refractivity contribution in [1.29, 1.82) is 0 Å². The molecule has 0 unspecified atom stereocenters. The Labute approximate surface area is 129 Å². The van der Waals surface area contributed by atoms with Gasteiger partial charge in [0.25, 0.3) is 0 Å². The van der Waals surface area contributed by atoms with Crippen LogP contribution in [0.25, 0.3) is 11.5 Å². The van der Waals surface area contributed by atoms with E-state index in [9.17, 15) is 0 Å². The topological polar surface area (TPSA) is 47.9 Å². The van der Waals surface area contributed by atoms with E-state index in [4.69, 9.17) is 16.3 Å². The summed E-state index contributed by atoms with van der Waals surface area (Å²) in [5.41, 5.74) is 1.72. The molecule has 3 rings (SSSR count). The van der Waals surface area contributed by atoms with Crippen LogP contribution in [0.15, 0.2) is 18.2 Å².